The molecule has 0 radical (unpaired) electrons. The van der Waals surface area contributed by atoms with Crippen LogP contribution in [0.5, 0.6) is 0 Å². The topological polar surface area (TPSA) is 83.0 Å². The Bertz CT molecular complexity index is 1000. The molecule has 7 nitrogen and oxygen atoms in total. The highest BCUT2D eigenvalue weighted by Crippen LogP contribution is 2.28. The van der Waals surface area contributed by atoms with Gasteiger partial charge in [0.15, 0.2) is 5.69 Å². The van der Waals surface area contributed by atoms with Gasteiger partial charge in [-0.25, -0.2) is 14.4 Å². The number of amides is 1. The summed E-state index contributed by atoms with van der Waals surface area (Å²) in [4.78, 5) is 27.7. The third-order valence-corrected chi connectivity index (χ3v) is 5.73. The van der Waals surface area contributed by atoms with Gasteiger partial charge in [-0.2, -0.15) is 0 Å². The SMILES string of the molecule is CNCC1CN(C(=O)c2nc(N[C@@H](C)c3cncc(F)c3)nc3ccsc23)C1. The van der Waals surface area contributed by atoms with Crippen molar-refractivity contribution in [1.82, 2.24) is 25.2 Å². The van der Waals surface area contributed by atoms with Crippen molar-refractivity contribution < 1.29 is 9.18 Å². The molecular weight excluding hydrogens is 379 g/mol. The van der Waals surface area contributed by atoms with Gasteiger partial charge in [-0.15, -0.1) is 11.3 Å². The van der Waals surface area contributed by atoms with Crippen molar-refractivity contribution in [2.75, 3.05) is 32.0 Å². The van der Waals surface area contributed by atoms with Crippen molar-refractivity contribution in [3.05, 3.63) is 47.0 Å². The largest absolute Gasteiger partial charge is 0.348 e. The lowest BCUT2D eigenvalue weighted by Gasteiger charge is -2.39. The number of rotatable bonds is 6. The van der Waals surface area contributed by atoms with Gasteiger partial charge in [0.1, 0.15) is 5.82 Å². The third-order valence-electron chi connectivity index (χ3n) is 4.81. The Kier molecular flexibility index (Phi) is 5.19. The molecule has 1 aliphatic heterocycles. The van der Waals surface area contributed by atoms with Crippen molar-refractivity contribution in [2.45, 2.75) is 13.0 Å². The molecular formula is C19H21FN6OS. The number of nitrogens with one attached hydrogen (secondary N) is 2. The van der Waals surface area contributed by atoms with Gasteiger partial charge in [0.2, 0.25) is 5.95 Å². The number of aromatic nitrogens is 3. The van der Waals surface area contributed by atoms with E-state index in [9.17, 15) is 9.18 Å². The number of likely N-dealkylation sites (tertiary alicyclic amines) is 1. The first kappa shape index (κ1) is 18.7. The van der Waals surface area contributed by atoms with Crippen LogP contribution in [0.25, 0.3) is 10.2 Å². The molecule has 3 aromatic heterocycles. The molecule has 1 aliphatic rings. The molecule has 3 aromatic rings. The van der Waals surface area contributed by atoms with Crippen LogP contribution >= 0.6 is 11.3 Å². The van der Waals surface area contributed by atoms with Crippen LogP contribution < -0.4 is 10.6 Å². The maximum atomic E-state index is 13.4. The molecule has 1 fully saturated rings. The van der Waals surface area contributed by atoms with Crippen LogP contribution in [0.4, 0.5) is 10.3 Å². The zero-order chi connectivity index (χ0) is 19.7. The summed E-state index contributed by atoms with van der Waals surface area (Å²) in [7, 11) is 1.91. The number of nitrogens with zero attached hydrogens (tertiary/aromatic N) is 4. The minimum Gasteiger partial charge on any atom is -0.348 e. The number of pyridine rings is 1. The van der Waals surface area contributed by atoms with Crippen LogP contribution in [-0.2, 0) is 0 Å². The summed E-state index contributed by atoms with van der Waals surface area (Å²) in [6.07, 6.45) is 2.76. The lowest BCUT2D eigenvalue weighted by molar-refractivity contribution is 0.0500. The number of carbonyl (C=O) groups excluding carboxylic acids is 1. The third kappa shape index (κ3) is 3.67. The number of anilines is 1. The first-order valence-corrected chi connectivity index (χ1v) is 9.99. The van der Waals surface area contributed by atoms with E-state index in [4.69, 9.17) is 0 Å². The van der Waals surface area contributed by atoms with Crippen LogP contribution in [0.3, 0.4) is 0 Å². The smallest absolute Gasteiger partial charge is 0.274 e. The van der Waals surface area contributed by atoms with Crippen LogP contribution in [0.15, 0.2) is 29.9 Å². The van der Waals surface area contributed by atoms with E-state index in [1.807, 2.05) is 30.3 Å². The van der Waals surface area contributed by atoms with Gasteiger partial charge >= 0.3 is 0 Å². The highest BCUT2D eigenvalue weighted by atomic mass is 32.1. The Balaban J connectivity index is 1.58. The molecule has 0 spiro atoms. The van der Waals surface area contributed by atoms with Crippen LogP contribution in [0.1, 0.15) is 29.0 Å². The summed E-state index contributed by atoms with van der Waals surface area (Å²) in [5.74, 6) is 0.349. The van der Waals surface area contributed by atoms with Gasteiger partial charge in [-0.1, -0.05) is 0 Å². The van der Waals surface area contributed by atoms with Crippen molar-refractivity contribution in [3.8, 4) is 0 Å². The maximum Gasteiger partial charge on any atom is 0.274 e. The van der Waals surface area contributed by atoms with Gasteiger partial charge in [0.25, 0.3) is 5.91 Å². The molecule has 146 valence electrons. The number of thiophene rings is 1. The summed E-state index contributed by atoms with van der Waals surface area (Å²) >= 11 is 1.46. The fourth-order valence-corrected chi connectivity index (χ4v) is 4.13. The van der Waals surface area contributed by atoms with Crippen molar-refractivity contribution in [3.63, 3.8) is 0 Å². The number of halogens is 1. The lowest BCUT2D eigenvalue weighted by Crippen LogP contribution is -2.53. The summed E-state index contributed by atoms with van der Waals surface area (Å²) in [5.41, 5.74) is 1.82. The maximum absolute atomic E-state index is 13.4. The van der Waals surface area contributed by atoms with Gasteiger partial charge in [0.05, 0.1) is 22.5 Å². The fraction of sp³-hybridized carbons (Fsp3) is 0.368. The number of fused-ring (bicyclic) bond motifs is 1. The Morgan fingerprint density at radius 2 is 2.21 bits per heavy atom. The summed E-state index contributed by atoms with van der Waals surface area (Å²) in [6.45, 7) is 4.22. The van der Waals surface area contributed by atoms with E-state index in [0.717, 1.165) is 36.0 Å². The molecule has 1 saturated heterocycles. The predicted octanol–water partition coefficient (Wildman–Crippen LogP) is 2.69. The molecule has 0 unspecified atom stereocenters. The highest BCUT2D eigenvalue weighted by Gasteiger charge is 2.32. The zero-order valence-electron chi connectivity index (χ0n) is 15.6. The Hall–Kier alpha value is -2.65. The number of hydrogen-bond donors (Lipinski definition) is 2. The molecule has 4 heterocycles. The van der Waals surface area contributed by atoms with E-state index in [0.29, 0.717) is 23.1 Å². The van der Waals surface area contributed by atoms with Crippen LogP contribution in [0, 0.1) is 11.7 Å². The molecule has 1 atom stereocenters. The molecule has 28 heavy (non-hydrogen) atoms. The standard InChI is InChI=1S/C19H21FN6OS/c1-11(13-5-14(20)8-22-7-13)23-19-24-15-3-4-28-17(15)16(25-19)18(27)26-9-12(10-26)6-21-2/h3-5,7-8,11-12,21H,6,9-10H2,1-2H3,(H,23,24,25)/t11-/m0/s1. The average molecular weight is 400 g/mol. The van der Waals surface area contributed by atoms with E-state index < -0.39 is 5.82 Å². The minimum absolute atomic E-state index is 0.0784. The zero-order valence-corrected chi connectivity index (χ0v) is 16.5. The molecule has 4 rings (SSSR count). The van der Waals surface area contributed by atoms with Crippen molar-refractivity contribution >= 4 is 33.4 Å². The van der Waals surface area contributed by atoms with E-state index in [1.54, 1.807) is 6.20 Å². The quantitative estimate of drug-likeness (QED) is 0.662. The summed E-state index contributed by atoms with van der Waals surface area (Å²) in [5, 5.41) is 8.21. The monoisotopic (exact) mass is 400 g/mol. The molecule has 0 aliphatic carbocycles. The molecule has 0 bridgehead atoms. The van der Waals surface area contributed by atoms with E-state index >= 15 is 0 Å². The van der Waals surface area contributed by atoms with Gasteiger partial charge in [-0.05, 0) is 37.0 Å². The fourth-order valence-electron chi connectivity index (χ4n) is 3.32. The average Bonchev–Trinajstić information content (AvgIpc) is 3.11. The van der Waals surface area contributed by atoms with Crippen molar-refractivity contribution in [2.24, 2.45) is 5.92 Å². The lowest BCUT2D eigenvalue weighted by atomic mass is 10.00. The molecule has 0 saturated carbocycles. The molecule has 2 N–H and O–H groups in total. The first-order valence-electron chi connectivity index (χ1n) is 9.11. The van der Waals surface area contributed by atoms with E-state index in [-0.39, 0.29) is 11.9 Å². The van der Waals surface area contributed by atoms with Gasteiger partial charge in [-0.3, -0.25) is 9.78 Å². The van der Waals surface area contributed by atoms with Crippen LogP contribution in [0.2, 0.25) is 0 Å². The van der Waals surface area contributed by atoms with Gasteiger partial charge < -0.3 is 15.5 Å². The minimum atomic E-state index is -0.398. The van der Waals surface area contributed by atoms with E-state index in [2.05, 4.69) is 25.6 Å². The highest BCUT2D eigenvalue weighted by molar-refractivity contribution is 7.17. The summed E-state index contributed by atoms with van der Waals surface area (Å²) in [6, 6.07) is 3.03. The van der Waals surface area contributed by atoms with Gasteiger partial charge in [0, 0.05) is 31.7 Å². The Morgan fingerprint density at radius 1 is 1.39 bits per heavy atom. The molecule has 9 heteroatoms. The second-order valence-corrected chi connectivity index (χ2v) is 7.88. The second kappa shape index (κ2) is 7.76. The second-order valence-electron chi connectivity index (χ2n) is 6.97. The molecule has 1 amide bonds. The number of carbonyl (C=O) groups is 1. The normalized spacial score (nSPS) is 15.5. The Labute approximate surface area is 166 Å². The predicted molar refractivity (Wildman–Crippen MR) is 107 cm³/mol. The molecule has 0 aromatic carbocycles. The van der Waals surface area contributed by atoms with E-state index in [1.165, 1.54) is 17.4 Å². The first-order chi connectivity index (χ1) is 13.5. The van der Waals surface area contributed by atoms with Crippen LogP contribution in [-0.4, -0.2) is 52.4 Å². The van der Waals surface area contributed by atoms with Crippen molar-refractivity contribution in [1.29, 1.82) is 0 Å². The Morgan fingerprint density at radius 3 is 2.96 bits per heavy atom. The number of hydrogen-bond acceptors (Lipinski definition) is 7. The summed E-state index contributed by atoms with van der Waals surface area (Å²) < 4.78 is 14.2.